The Bertz CT molecular complexity index is 1310. The number of carbonyl (C=O) groups is 1. The summed E-state index contributed by atoms with van der Waals surface area (Å²) in [5.74, 6) is -0.370. The monoisotopic (exact) mass is 435 g/mol. The molecule has 10 nitrogen and oxygen atoms in total. The van der Waals surface area contributed by atoms with Crippen molar-refractivity contribution in [2.75, 3.05) is 25.6 Å². The summed E-state index contributed by atoms with van der Waals surface area (Å²) < 4.78 is 8.88. The molecular weight excluding hydrogens is 410 g/mol. The van der Waals surface area contributed by atoms with Crippen molar-refractivity contribution in [3.8, 4) is 11.3 Å². The summed E-state index contributed by atoms with van der Waals surface area (Å²) >= 11 is 0. The zero-order valence-corrected chi connectivity index (χ0v) is 18.1. The highest BCUT2D eigenvalue weighted by Gasteiger charge is 2.29. The van der Waals surface area contributed by atoms with Crippen LogP contribution in [0.4, 0.5) is 5.69 Å². The molecule has 0 spiro atoms. The molecule has 2 atom stereocenters. The fourth-order valence-electron chi connectivity index (χ4n) is 4.04. The Hall–Kier alpha value is -3.50. The number of aliphatic hydroxyl groups is 1. The first-order valence-corrected chi connectivity index (χ1v) is 10.6. The van der Waals surface area contributed by atoms with Crippen molar-refractivity contribution in [1.29, 1.82) is 0 Å². The maximum atomic E-state index is 13.0. The molecule has 3 N–H and O–H groups in total. The van der Waals surface area contributed by atoms with Crippen molar-refractivity contribution >= 4 is 28.3 Å². The number of aromatic nitrogens is 5. The first-order valence-electron chi connectivity index (χ1n) is 10.6. The van der Waals surface area contributed by atoms with Gasteiger partial charge in [0.05, 0.1) is 42.9 Å². The third kappa shape index (κ3) is 3.28. The highest BCUT2D eigenvalue weighted by Crippen LogP contribution is 2.32. The first-order chi connectivity index (χ1) is 15.5. The van der Waals surface area contributed by atoms with Crippen LogP contribution in [0.25, 0.3) is 27.9 Å². The average molecular weight is 435 g/mol. The number of rotatable bonds is 5. The Kier molecular flexibility index (Phi) is 5.03. The zero-order chi connectivity index (χ0) is 22.4. The van der Waals surface area contributed by atoms with Crippen LogP contribution in [0.5, 0.6) is 0 Å². The number of hydrogen-bond acceptors (Lipinski definition) is 7. The fraction of sp³-hybridized carbons (Fsp3) is 0.364. The highest BCUT2D eigenvalue weighted by molar-refractivity contribution is 5.96. The lowest BCUT2D eigenvalue weighted by Crippen LogP contribution is -2.42. The minimum absolute atomic E-state index is 0.207. The molecule has 0 aliphatic carbocycles. The standard InChI is InChI=1S/C22H25N7O3/c1-12(2)28-9-14(13-5-4-6-24-20(13)28)15-7-16(23-3)21-25-8-18(29(21)27-15)22(31)26-17-10-32-11-19(17)30/h4-9,12,17,19,23,30H,10-11H2,1-3H3,(H,26,31)/t17?,19-/m1/s1. The van der Waals surface area contributed by atoms with E-state index < -0.39 is 12.1 Å². The third-order valence-electron chi connectivity index (χ3n) is 5.76. The van der Waals surface area contributed by atoms with Crippen molar-refractivity contribution in [2.45, 2.75) is 32.0 Å². The molecule has 0 aromatic carbocycles. The van der Waals surface area contributed by atoms with Crippen LogP contribution in [0, 0.1) is 0 Å². The van der Waals surface area contributed by atoms with Crippen LogP contribution in [0.15, 0.2) is 36.8 Å². The number of aliphatic hydroxyl groups excluding tert-OH is 1. The van der Waals surface area contributed by atoms with E-state index in [4.69, 9.17) is 9.84 Å². The van der Waals surface area contributed by atoms with Crippen LogP contribution in [0.1, 0.15) is 30.4 Å². The quantitative estimate of drug-likeness (QED) is 0.438. The summed E-state index contributed by atoms with van der Waals surface area (Å²) in [5.41, 5.74) is 4.05. The second-order valence-corrected chi connectivity index (χ2v) is 8.18. The van der Waals surface area contributed by atoms with Gasteiger partial charge in [-0.15, -0.1) is 0 Å². The molecule has 1 aliphatic rings. The zero-order valence-electron chi connectivity index (χ0n) is 18.1. The van der Waals surface area contributed by atoms with E-state index in [9.17, 15) is 9.90 Å². The second kappa shape index (κ2) is 7.88. The lowest BCUT2D eigenvalue weighted by Gasteiger charge is -2.14. The molecule has 1 saturated heterocycles. The molecule has 1 amide bonds. The summed E-state index contributed by atoms with van der Waals surface area (Å²) in [6.45, 7) is 4.68. The van der Waals surface area contributed by atoms with Crippen molar-refractivity contribution < 1.29 is 14.6 Å². The Balaban J connectivity index is 1.63. The summed E-state index contributed by atoms with van der Waals surface area (Å²) in [6, 6.07) is 5.60. The number of nitrogens with one attached hydrogen (secondary N) is 2. The predicted octanol–water partition coefficient (Wildman–Crippen LogP) is 1.86. The molecule has 0 bridgehead atoms. The van der Waals surface area contributed by atoms with Gasteiger partial charge in [-0.2, -0.15) is 5.10 Å². The molecule has 5 heterocycles. The molecule has 166 valence electrons. The molecular formula is C22H25N7O3. The lowest BCUT2D eigenvalue weighted by atomic mass is 10.1. The molecule has 5 rings (SSSR count). The first kappa shape index (κ1) is 20.4. The second-order valence-electron chi connectivity index (χ2n) is 8.18. The van der Waals surface area contributed by atoms with Crippen LogP contribution >= 0.6 is 0 Å². The molecule has 10 heteroatoms. The van der Waals surface area contributed by atoms with Gasteiger partial charge in [0, 0.05) is 36.4 Å². The number of imidazole rings is 1. The van der Waals surface area contributed by atoms with E-state index >= 15 is 0 Å². The van der Waals surface area contributed by atoms with E-state index in [-0.39, 0.29) is 30.9 Å². The molecule has 1 aliphatic heterocycles. The van der Waals surface area contributed by atoms with Crippen molar-refractivity contribution in [2.24, 2.45) is 0 Å². The smallest absolute Gasteiger partial charge is 0.272 e. The number of pyridine rings is 1. The van der Waals surface area contributed by atoms with Gasteiger partial charge in [0.2, 0.25) is 0 Å². The summed E-state index contributed by atoms with van der Waals surface area (Å²) in [7, 11) is 1.80. The van der Waals surface area contributed by atoms with Gasteiger partial charge in [0.1, 0.15) is 5.65 Å². The summed E-state index contributed by atoms with van der Waals surface area (Å²) in [5, 5.41) is 21.7. The van der Waals surface area contributed by atoms with Crippen LogP contribution in [0.3, 0.4) is 0 Å². The molecule has 4 aromatic heterocycles. The van der Waals surface area contributed by atoms with Gasteiger partial charge >= 0.3 is 0 Å². The van der Waals surface area contributed by atoms with Crippen molar-refractivity contribution in [1.82, 2.24) is 29.5 Å². The van der Waals surface area contributed by atoms with E-state index in [2.05, 4.69) is 39.0 Å². The topological polar surface area (TPSA) is 119 Å². The minimum Gasteiger partial charge on any atom is -0.388 e. The van der Waals surface area contributed by atoms with Gasteiger partial charge in [-0.3, -0.25) is 4.79 Å². The third-order valence-corrected chi connectivity index (χ3v) is 5.76. The number of fused-ring (bicyclic) bond motifs is 2. The number of amides is 1. The van der Waals surface area contributed by atoms with E-state index in [1.807, 2.05) is 24.4 Å². The van der Waals surface area contributed by atoms with Crippen LogP contribution in [-0.4, -0.2) is 67.6 Å². The van der Waals surface area contributed by atoms with Gasteiger partial charge in [0.15, 0.2) is 11.3 Å². The molecule has 0 saturated carbocycles. The van der Waals surface area contributed by atoms with Gasteiger partial charge in [0.25, 0.3) is 5.91 Å². The Morgan fingerprint density at radius 1 is 1.28 bits per heavy atom. The van der Waals surface area contributed by atoms with Crippen LogP contribution < -0.4 is 10.6 Å². The van der Waals surface area contributed by atoms with Crippen LogP contribution in [0.2, 0.25) is 0 Å². The summed E-state index contributed by atoms with van der Waals surface area (Å²) in [6.07, 6.45) is 4.58. The molecule has 1 unspecified atom stereocenters. The maximum absolute atomic E-state index is 13.0. The van der Waals surface area contributed by atoms with E-state index in [0.29, 0.717) is 11.3 Å². The molecule has 32 heavy (non-hydrogen) atoms. The SMILES string of the molecule is CNc1cc(-c2cn(C(C)C)c3ncccc23)nn2c(C(=O)NC3COC[C@H]3O)cnc12. The van der Waals surface area contributed by atoms with Gasteiger partial charge < -0.3 is 25.0 Å². The summed E-state index contributed by atoms with van der Waals surface area (Å²) in [4.78, 5) is 21.9. The van der Waals surface area contributed by atoms with Gasteiger partial charge in [-0.25, -0.2) is 14.5 Å². The average Bonchev–Trinajstić information content (AvgIpc) is 3.50. The predicted molar refractivity (Wildman–Crippen MR) is 120 cm³/mol. The molecule has 0 radical (unpaired) electrons. The Morgan fingerprint density at radius 3 is 2.84 bits per heavy atom. The highest BCUT2D eigenvalue weighted by atomic mass is 16.5. The van der Waals surface area contributed by atoms with E-state index in [1.165, 1.54) is 10.7 Å². The van der Waals surface area contributed by atoms with Gasteiger partial charge in [-0.1, -0.05) is 0 Å². The number of ether oxygens (including phenoxy) is 1. The fourth-order valence-corrected chi connectivity index (χ4v) is 4.04. The Labute approximate surface area is 184 Å². The van der Waals surface area contributed by atoms with E-state index in [0.717, 1.165) is 22.3 Å². The maximum Gasteiger partial charge on any atom is 0.272 e. The van der Waals surface area contributed by atoms with Crippen LogP contribution in [-0.2, 0) is 4.74 Å². The number of carbonyl (C=O) groups excluding carboxylic acids is 1. The number of hydrogen-bond donors (Lipinski definition) is 3. The largest absolute Gasteiger partial charge is 0.388 e. The van der Waals surface area contributed by atoms with E-state index in [1.54, 1.807) is 13.2 Å². The minimum atomic E-state index is -0.732. The normalized spacial score (nSPS) is 18.7. The number of anilines is 1. The van der Waals surface area contributed by atoms with Crippen molar-refractivity contribution in [3.05, 3.63) is 42.5 Å². The van der Waals surface area contributed by atoms with Crippen molar-refractivity contribution in [3.63, 3.8) is 0 Å². The number of nitrogens with zero attached hydrogens (tertiary/aromatic N) is 5. The molecule has 1 fully saturated rings. The lowest BCUT2D eigenvalue weighted by molar-refractivity contribution is 0.0879. The van der Waals surface area contributed by atoms with Gasteiger partial charge in [-0.05, 0) is 32.0 Å². The Morgan fingerprint density at radius 2 is 2.12 bits per heavy atom. The molecule has 4 aromatic rings.